The maximum Gasteiger partial charge on any atom is 0.228 e. The van der Waals surface area contributed by atoms with Crippen molar-refractivity contribution in [2.75, 3.05) is 18.4 Å². The van der Waals surface area contributed by atoms with Crippen molar-refractivity contribution in [3.63, 3.8) is 0 Å². The van der Waals surface area contributed by atoms with Gasteiger partial charge in [0.15, 0.2) is 0 Å². The molecule has 3 aliphatic rings. The molecule has 2 fully saturated rings. The minimum Gasteiger partial charge on any atom is -0.352 e. The minimum atomic E-state index is 0.0693. The van der Waals surface area contributed by atoms with E-state index < -0.39 is 0 Å². The lowest BCUT2D eigenvalue weighted by Gasteiger charge is -2.32. The average molecular weight is 341 g/mol. The normalized spacial score (nSPS) is 25.4. The molecule has 2 atom stereocenters. The predicted octanol–water partition coefficient (Wildman–Crippen LogP) is 2.25. The van der Waals surface area contributed by atoms with E-state index in [1.165, 1.54) is 31.4 Å². The van der Waals surface area contributed by atoms with Crippen LogP contribution < -0.4 is 10.6 Å². The summed E-state index contributed by atoms with van der Waals surface area (Å²) < 4.78 is 0. The fraction of sp³-hybridized carbons (Fsp3) is 0.600. The van der Waals surface area contributed by atoms with Crippen LogP contribution in [0.1, 0.15) is 49.7 Å². The number of carbonyl (C=O) groups excluding carboxylic acids is 2. The molecule has 3 heterocycles. The van der Waals surface area contributed by atoms with Gasteiger partial charge in [-0.05, 0) is 55.8 Å². The zero-order chi connectivity index (χ0) is 17.2. The van der Waals surface area contributed by atoms with Gasteiger partial charge < -0.3 is 10.6 Å². The second-order valence-electron chi connectivity index (χ2n) is 7.63. The third-order valence-electron chi connectivity index (χ3n) is 5.87. The van der Waals surface area contributed by atoms with Gasteiger partial charge in [0.05, 0.1) is 6.42 Å². The number of carbonyl (C=O) groups is 2. The lowest BCUT2D eigenvalue weighted by molar-refractivity contribution is -0.122. The Kier molecular flexibility index (Phi) is 4.75. The van der Waals surface area contributed by atoms with Gasteiger partial charge in [-0.1, -0.05) is 18.6 Å². The maximum absolute atomic E-state index is 12.3. The molecule has 5 nitrogen and oxygen atoms in total. The van der Waals surface area contributed by atoms with Gasteiger partial charge in [-0.15, -0.1) is 0 Å². The maximum atomic E-state index is 12.3. The molecule has 3 aliphatic heterocycles. The summed E-state index contributed by atoms with van der Waals surface area (Å²) >= 11 is 0. The molecule has 0 bridgehead atoms. The summed E-state index contributed by atoms with van der Waals surface area (Å²) in [5.41, 5.74) is 3.22. The quantitative estimate of drug-likeness (QED) is 0.863. The number of piperidine rings is 1. The second kappa shape index (κ2) is 7.16. The van der Waals surface area contributed by atoms with Crippen LogP contribution >= 0.6 is 0 Å². The van der Waals surface area contributed by atoms with Gasteiger partial charge in [0.25, 0.3) is 0 Å². The number of nitrogens with zero attached hydrogens (tertiary/aromatic N) is 1. The van der Waals surface area contributed by atoms with Crippen LogP contribution in [-0.4, -0.2) is 41.9 Å². The molecule has 1 aromatic rings. The highest BCUT2D eigenvalue weighted by Crippen LogP contribution is 2.27. The largest absolute Gasteiger partial charge is 0.352 e. The lowest BCUT2D eigenvalue weighted by Crippen LogP contribution is -2.46. The van der Waals surface area contributed by atoms with Crippen molar-refractivity contribution in [2.45, 2.75) is 63.5 Å². The predicted molar refractivity (Wildman–Crippen MR) is 97.5 cm³/mol. The number of benzene rings is 1. The monoisotopic (exact) mass is 341 g/mol. The van der Waals surface area contributed by atoms with Crippen LogP contribution in [0.15, 0.2) is 18.2 Å². The summed E-state index contributed by atoms with van der Waals surface area (Å²) in [6, 6.07) is 7.05. The first-order valence-electron chi connectivity index (χ1n) is 9.64. The summed E-state index contributed by atoms with van der Waals surface area (Å²) in [6.07, 6.45) is 7.72. The molecule has 134 valence electrons. The van der Waals surface area contributed by atoms with E-state index in [-0.39, 0.29) is 11.8 Å². The standard InChI is InChI=1S/C20H27N3O2/c24-19(22-17-9-11-23-10-2-1-5-18(17)23)6-3-4-14-7-8-16-15(12-14)13-20(25)21-16/h7-8,12,17-18H,1-6,9-11,13H2,(H,21,25)(H,22,24)/t17-,18-/m0/s1. The Balaban J connectivity index is 1.23. The molecule has 2 amide bonds. The highest BCUT2D eigenvalue weighted by Gasteiger charge is 2.35. The Morgan fingerprint density at radius 3 is 3.08 bits per heavy atom. The number of aryl methyl sites for hydroxylation is 1. The van der Waals surface area contributed by atoms with Crippen LogP contribution in [-0.2, 0) is 22.4 Å². The van der Waals surface area contributed by atoms with Gasteiger partial charge in [-0.2, -0.15) is 0 Å². The summed E-state index contributed by atoms with van der Waals surface area (Å²) in [7, 11) is 0. The van der Waals surface area contributed by atoms with E-state index in [9.17, 15) is 9.59 Å². The van der Waals surface area contributed by atoms with E-state index in [2.05, 4.69) is 27.7 Å². The number of nitrogens with one attached hydrogen (secondary N) is 2. The van der Waals surface area contributed by atoms with Gasteiger partial charge in [0.1, 0.15) is 0 Å². The SMILES string of the molecule is O=C1Cc2cc(CCCC(=O)N[C@H]3CCN4CCCC[C@@H]34)ccc2N1. The van der Waals surface area contributed by atoms with Crippen LogP contribution in [0.2, 0.25) is 0 Å². The van der Waals surface area contributed by atoms with E-state index in [1.54, 1.807) is 0 Å². The molecule has 2 N–H and O–H groups in total. The Morgan fingerprint density at radius 1 is 1.24 bits per heavy atom. The van der Waals surface area contributed by atoms with Crippen molar-refractivity contribution in [3.05, 3.63) is 29.3 Å². The van der Waals surface area contributed by atoms with Crippen LogP contribution in [0.3, 0.4) is 0 Å². The summed E-state index contributed by atoms with van der Waals surface area (Å²) in [5.74, 6) is 0.260. The first kappa shape index (κ1) is 16.6. The molecule has 0 radical (unpaired) electrons. The van der Waals surface area contributed by atoms with E-state index >= 15 is 0 Å². The van der Waals surface area contributed by atoms with Gasteiger partial charge in [0.2, 0.25) is 11.8 Å². The van der Waals surface area contributed by atoms with Gasteiger partial charge >= 0.3 is 0 Å². The molecule has 0 aromatic heterocycles. The Bertz CT molecular complexity index is 673. The van der Waals surface area contributed by atoms with Crippen LogP contribution in [0.4, 0.5) is 5.69 Å². The van der Waals surface area contributed by atoms with Gasteiger partial charge in [-0.25, -0.2) is 0 Å². The molecule has 0 saturated carbocycles. The molecule has 1 aromatic carbocycles. The fourth-order valence-corrected chi connectivity index (χ4v) is 4.59. The molecule has 0 aliphatic carbocycles. The van der Waals surface area contributed by atoms with Crippen LogP contribution in [0.25, 0.3) is 0 Å². The number of fused-ring (bicyclic) bond motifs is 2. The molecular weight excluding hydrogens is 314 g/mol. The van der Waals surface area contributed by atoms with Gasteiger partial charge in [-0.3, -0.25) is 14.5 Å². The average Bonchev–Trinajstić information content (AvgIpc) is 3.17. The number of hydrogen-bond donors (Lipinski definition) is 2. The fourth-order valence-electron chi connectivity index (χ4n) is 4.59. The third kappa shape index (κ3) is 3.71. The zero-order valence-corrected chi connectivity index (χ0v) is 14.7. The second-order valence-corrected chi connectivity index (χ2v) is 7.63. The van der Waals surface area contributed by atoms with Crippen LogP contribution in [0.5, 0.6) is 0 Å². The van der Waals surface area contributed by atoms with E-state index in [0.717, 1.165) is 37.1 Å². The minimum absolute atomic E-state index is 0.0693. The van der Waals surface area contributed by atoms with Crippen LogP contribution in [0, 0.1) is 0 Å². The summed E-state index contributed by atoms with van der Waals surface area (Å²) in [4.78, 5) is 26.3. The number of anilines is 1. The number of rotatable bonds is 5. The molecular formula is C20H27N3O2. The van der Waals surface area contributed by atoms with Crippen molar-refractivity contribution in [2.24, 2.45) is 0 Å². The molecule has 5 heteroatoms. The highest BCUT2D eigenvalue weighted by molar-refractivity contribution is 5.99. The lowest BCUT2D eigenvalue weighted by atomic mass is 9.98. The van der Waals surface area contributed by atoms with Gasteiger partial charge in [0, 0.05) is 30.7 Å². The number of hydrogen-bond acceptors (Lipinski definition) is 3. The van der Waals surface area contributed by atoms with E-state index in [1.807, 2.05) is 6.07 Å². The first-order valence-corrected chi connectivity index (χ1v) is 9.64. The summed E-state index contributed by atoms with van der Waals surface area (Å²) in [5, 5.41) is 6.13. The van der Waals surface area contributed by atoms with E-state index in [0.29, 0.717) is 24.9 Å². The highest BCUT2D eigenvalue weighted by atomic mass is 16.2. The Labute approximate surface area is 149 Å². The van der Waals surface area contributed by atoms with Crippen molar-refractivity contribution in [1.82, 2.24) is 10.2 Å². The summed E-state index contributed by atoms with van der Waals surface area (Å²) in [6.45, 7) is 2.34. The van der Waals surface area contributed by atoms with Crippen molar-refractivity contribution < 1.29 is 9.59 Å². The number of amides is 2. The van der Waals surface area contributed by atoms with E-state index in [4.69, 9.17) is 0 Å². The van der Waals surface area contributed by atoms with Crippen molar-refractivity contribution in [1.29, 1.82) is 0 Å². The van der Waals surface area contributed by atoms with Crippen molar-refractivity contribution >= 4 is 17.5 Å². The topological polar surface area (TPSA) is 61.4 Å². The van der Waals surface area contributed by atoms with Crippen molar-refractivity contribution in [3.8, 4) is 0 Å². The smallest absolute Gasteiger partial charge is 0.228 e. The molecule has 2 saturated heterocycles. The zero-order valence-electron chi connectivity index (χ0n) is 14.7. The first-order chi connectivity index (χ1) is 12.2. The molecule has 0 unspecified atom stereocenters. The molecule has 4 rings (SSSR count). The molecule has 0 spiro atoms. The molecule has 25 heavy (non-hydrogen) atoms. The Morgan fingerprint density at radius 2 is 2.16 bits per heavy atom. The third-order valence-corrected chi connectivity index (χ3v) is 5.87. The Hall–Kier alpha value is -1.88.